The van der Waals surface area contributed by atoms with E-state index in [0.717, 1.165) is 0 Å². The summed E-state index contributed by atoms with van der Waals surface area (Å²) in [4.78, 5) is 29.4. The Balaban J connectivity index is 1.77. The second-order valence-corrected chi connectivity index (χ2v) is 5.32. The molecular formula is C13H13ClN4O2. The van der Waals surface area contributed by atoms with Crippen molar-refractivity contribution in [1.29, 1.82) is 0 Å². The van der Waals surface area contributed by atoms with E-state index in [2.05, 4.69) is 10.3 Å². The molecule has 0 bridgehead atoms. The number of likely N-dealkylation sites (tertiary alicyclic amines) is 1. The number of amides is 2. The molecule has 104 valence electrons. The normalized spacial score (nSPS) is 18.8. The number of fused-ring (bicyclic) bond motifs is 1. The van der Waals surface area contributed by atoms with Gasteiger partial charge in [-0.05, 0) is 12.1 Å². The van der Waals surface area contributed by atoms with Gasteiger partial charge in [0.25, 0.3) is 5.91 Å². The van der Waals surface area contributed by atoms with E-state index < -0.39 is 0 Å². The molecule has 0 spiro atoms. The molecule has 1 atom stereocenters. The number of hydrogen-bond donors (Lipinski definition) is 1. The van der Waals surface area contributed by atoms with Gasteiger partial charge in [-0.2, -0.15) is 0 Å². The van der Waals surface area contributed by atoms with Crippen LogP contribution in [-0.4, -0.2) is 45.7 Å². The third-order valence-corrected chi connectivity index (χ3v) is 3.55. The maximum absolute atomic E-state index is 12.1. The molecule has 2 amide bonds. The molecule has 0 aromatic carbocycles. The second-order valence-electron chi connectivity index (χ2n) is 4.89. The fourth-order valence-electron chi connectivity index (χ4n) is 2.29. The fraction of sp³-hybridized carbons (Fsp3) is 0.308. The Labute approximate surface area is 120 Å². The van der Waals surface area contributed by atoms with Crippen LogP contribution >= 0.6 is 11.6 Å². The molecule has 1 N–H and O–H groups in total. The van der Waals surface area contributed by atoms with Gasteiger partial charge in [0.15, 0.2) is 0 Å². The highest BCUT2D eigenvalue weighted by Gasteiger charge is 2.28. The summed E-state index contributed by atoms with van der Waals surface area (Å²) in [5.41, 5.74) is 0.966. The third-order valence-electron chi connectivity index (χ3n) is 3.32. The molecular weight excluding hydrogens is 280 g/mol. The highest BCUT2D eigenvalue weighted by Crippen LogP contribution is 2.13. The lowest BCUT2D eigenvalue weighted by Gasteiger charge is -2.10. The first-order valence-electron chi connectivity index (χ1n) is 6.22. The number of imidazole rings is 1. The lowest BCUT2D eigenvalue weighted by molar-refractivity contribution is -0.126. The summed E-state index contributed by atoms with van der Waals surface area (Å²) in [6, 6.07) is 3.30. The first-order chi connectivity index (χ1) is 9.52. The van der Waals surface area contributed by atoms with Gasteiger partial charge in [0.1, 0.15) is 11.3 Å². The van der Waals surface area contributed by atoms with E-state index >= 15 is 0 Å². The molecule has 2 aromatic heterocycles. The Kier molecular flexibility index (Phi) is 3.10. The minimum Gasteiger partial charge on any atom is -0.346 e. The molecule has 3 heterocycles. The summed E-state index contributed by atoms with van der Waals surface area (Å²) in [6.07, 6.45) is 3.64. The van der Waals surface area contributed by atoms with Crippen molar-refractivity contribution in [3.05, 3.63) is 35.2 Å². The van der Waals surface area contributed by atoms with Crippen molar-refractivity contribution in [2.45, 2.75) is 12.5 Å². The van der Waals surface area contributed by atoms with Crippen molar-refractivity contribution in [3.63, 3.8) is 0 Å². The van der Waals surface area contributed by atoms with Crippen LogP contribution in [0.1, 0.15) is 16.9 Å². The van der Waals surface area contributed by atoms with E-state index in [1.165, 1.54) is 0 Å². The number of nitrogens with zero attached hydrogens (tertiary/aromatic N) is 3. The lowest BCUT2D eigenvalue weighted by atomic mass is 10.2. The molecule has 1 aliphatic heterocycles. The number of rotatable bonds is 2. The van der Waals surface area contributed by atoms with Gasteiger partial charge in [0.05, 0.1) is 11.1 Å². The highest BCUT2D eigenvalue weighted by molar-refractivity contribution is 6.30. The van der Waals surface area contributed by atoms with Crippen molar-refractivity contribution in [2.75, 3.05) is 13.6 Å². The topological polar surface area (TPSA) is 66.7 Å². The van der Waals surface area contributed by atoms with Gasteiger partial charge >= 0.3 is 0 Å². The monoisotopic (exact) mass is 292 g/mol. The molecule has 20 heavy (non-hydrogen) atoms. The van der Waals surface area contributed by atoms with Crippen molar-refractivity contribution in [2.24, 2.45) is 0 Å². The largest absolute Gasteiger partial charge is 0.346 e. The predicted molar refractivity (Wildman–Crippen MR) is 73.7 cm³/mol. The number of likely N-dealkylation sites (N-methyl/N-ethyl adjacent to an activating group) is 1. The number of pyridine rings is 1. The van der Waals surface area contributed by atoms with Crippen LogP contribution in [0.25, 0.3) is 5.65 Å². The number of halogens is 1. The number of carbonyl (C=O) groups is 2. The molecule has 3 rings (SSSR count). The summed E-state index contributed by atoms with van der Waals surface area (Å²) in [5, 5.41) is 3.40. The van der Waals surface area contributed by atoms with E-state index in [1.54, 1.807) is 40.9 Å². The predicted octanol–water partition coefficient (Wildman–Crippen LogP) is 0.948. The minimum absolute atomic E-state index is 0.0390. The highest BCUT2D eigenvalue weighted by atomic mass is 35.5. The van der Waals surface area contributed by atoms with Crippen LogP contribution in [0.4, 0.5) is 0 Å². The van der Waals surface area contributed by atoms with Crippen LogP contribution in [0, 0.1) is 0 Å². The SMILES string of the molecule is CN1C[C@@H](NC(=O)c2cn3cc(Cl)ccc3n2)CC1=O. The molecule has 0 radical (unpaired) electrons. The summed E-state index contributed by atoms with van der Waals surface area (Å²) in [7, 11) is 1.72. The number of hydrogen-bond acceptors (Lipinski definition) is 3. The van der Waals surface area contributed by atoms with Gasteiger partial charge in [-0.15, -0.1) is 0 Å². The molecule has 0 saturated carbocycles. The Hall–Kier alpha value is -2.08. The van der Waals surface area contributed by atoms with Crippen LogP contribution in [0.5, 0.6) is 0 Å². The summed E-state index contributed by atoms with van der Waals surface area (Å²) >= 11 is 5.88. The molecule has 0 unspecified atom stereocenters. The first kappa shape index (κ1) is 12.9. The van der Waals surface area contributed by atoms with Gasteiger partial charge in [-0.1, -0.05) is 11.6 Å². The zero-order chi connectivity index (χ0) is 14.3. The molecule has 2 aromatic rings. The van der Waals surface area contributed by atoms with Crippen LogP contribution in [0.2, 0.25) is 5.02 Å². The maximum atomic E-state index is 12.1. The lowest BCUT2D eigenvalue weighted by Crippen LogP contribution is -2.36. The molecule has 7 heteroatoms. The van der Waals surface area contributed by atoms with Crippen molar-refractivity contribution >= 4 is 29.1 Å². The van der Waals surface area contributed by atoms with Gasteiger partial charge in [0, 0.05) is 32.4 Å². The number of aromatic nitrogens is 2. The fourth-order valence-corrected chi connectivity index (χ4v) is 2.46. The van der Waals surface area contributed by atoms with Crippen LogP contribution in [0.3, 0.4) is 0 Å². The van der Waals surface area contributed by atoms with Crippen LogP contribution < -0.4 is 5.32 Å². The number of carbonyl (C=O) groups excluding carboxylic acids is 2. The van der Waals surface area contributed by atoms with Gasteiger partial charge in [-0.25, -0.2) is 4.98 Å². The summed E-state index contributed by atoms with van der Waals surface area (Å²) < 4.78 is 1.70. The van der Waals surface area contributed by atoms with Crippen LogP contribution in [0.15, 0.2) is 24.5 Å². The van der Waals surface area contributed by atoms with Crippen molar-refractivity contribution < 1.29 is 9.59 Å². The second kappa shape index (κ2) is 4.79. The van der Waals surface area contributed by atoms with Gasteiger partial charge < -0.3 is 14.6 Å². The van der Waals surface area contributed by atoms with E-state index in [4.69, 9.17) is 11.6 Å². The molecule has 1 fully saturated rings. The summed E-state index contributed by atoms with van der Waals surface area (Å²) in [6.45, 7) is 0.532. The van der Waals surface area contributed by atoms with Gasteiger partial charge in [0.2, 0.25) is 5.91 Å². The maximum Gasteiger partial charge on any atom is 0.271 e. The Bertz CT molecular complexity index is 697. The van der Waals surface area contributed by atoms with E-state index in [1.807, 2.05) is 0 Å². The standard InChI is InChI=1S/C13H13ClN4O2/c1-17-6-9(4-12(17)19)15-13(20)10-7-18-5-8(14)2-3-11(18)16-10/h2-3,5,7,9H,4,6H2,1H3,(H,15,20)/t9-/m0/s1. The zero-order valence-electron chi connectivity index (χ0n) is 10.8. The van der Waals surface area contributed by atoms with E-state index in [-0.39, 0.29) is 17.9 Å². The Morgan fingerprint density at radius 1 is 1.45 bits per heavy atom. The molecule has 6 nitrogen and oxygen atoms in total. The number of nitrogens with one attached hydrogen (secondary N) is 1. The van der Waals surface area contributed by atoms with Crippen molar-refractivity contribution in [1.82, 2.24) is 19.6 Å². The average molecular weight is 293 g/mol. The third kappa shape index (κ3) is 2.34. The smallest absolute Gasteiger partial charge is 0.271 e. The Morgan fingerprint density at radius 2 is 2.25 bits per heavy atom. The molecule has 1 saturated heterocycles. The first-order valence-corrected chi connectivity index (χ1v) is 6.60. The van der Waals surface area contributed by atoms with E-state index in [0.29, 0.717) is 29.3 Å². The minimum atomic E-state index is -0.280. The Morgan fingerprint density at radius 3 is 2.95 bits per heavy atom. The van der Waals surface area contributed by atoms with Gasteiger partial charge in [-0.3, -0.25) is 9.59 Å². The summed E-state index contributed by atoms with van der Waals surface area (Å²) in [5.74, 6) is -0.241. The van der Waals surface area contributed by atoms with Crippen molar-refractivity contribution in [3.8, 4) is 0 Å². The van der Waals surface area contributed by atoms with Crippen LogP contribution in [-0.2, 0) is 4.79 Å². The quantitative estimate of drug-likeness (QED) is 0.896. The van der Waals surface area contributed by atoms with E-state index in [9.17, 15) is 9.59 Å². The molecule has 1 aliphatic rings. The average Bonchev–Trinajstić information content (AvgIpc) is 2.93. The molecule has 0 aliphatic carbocycles. The zero-order valence-corrected chi connectivity index (χ0v) is 11.6.